The number of carbonyl (C=O) groups is 1. The summed E-state index contributed by atoms with van der Waals surface area (Å²) in [7, 11) is -3.65. The van der Waals surface area contributed by atoms with Crippen LogP contribution in [-0.2, 0) is 32.5 Å². The Morgan fingerprint density at radius 1 is 1.37 bits per heavy atom. The third-order valence-corrected chi connectivity index (χ3v) is 7.35. The molecule has 2 aliphatic heterocycles. The lowest BCUT2D eigenvalue weighted by Crippen LogP contribution is -2.49. The molecule has 27 heavy (non-hydrogen) atoms. The highest BCUT2D eigenvalue weighted by Crippen LogP contribution is 2.27. The second-order valence-corrected chi connectivity index (χ2v) is 9.66. The number of hydroxylamine groups is 2. The SMILES string of the molecule is CC(C)c1ccc2c(c1)CCN(S(=O)(=O)C[C@H]([C@H]1CCCO1)N(O)C=O)C2. The Kier molecular flexibility index (Phi) is 6.20. The van der Waals surface area contributed by atoms with Crippen LogP contribution in [0.25, 0.3) is 0 Å². The fourth-order valence-electron chi connectivity index (χ4n) is 3.80. The lowest BCUT2D eigenvalue weighted by molar-refractivity contribution is -0.168. The van der Waals surface area contributed by atoms with Crippen LogP contribution in [0.15, 0.2) is 18.2 Å². The molecule has 0 spiro atoms. The number of rotatable bonds is 7. The Morgan fingerprint density at radius 3 is 2.78 bits per heavy atom. The summed E-state index contributed by atoms with van der Waals surface area (Å²) < 4.78 is 32.9. The predicted octanol–water partition coefficient (Wildman–Crippen LogP) is 1.89. The number of hydrogen-bond donors (Lipinski definition) is 1. The van der Waals surface area contributed by atoms with Crippen molar-refractivity contribution < 1.29 is 23.2 Å². The molecule has 2 atom stereocenters. The molecule has 2 aliphatic rings. The average Bonchev–Trinajstić information content (AvgIpc) is 3.19. The van der Waals surface area contributed by atoms with Crippen LogP contribution in [0.2, 0.25) is 0 Å². The number of hydrogen-bond acceptors (Lipinski definition) is 5. The van der Waals surface area contributed by atoms with Crippen LogP contribution < -0.4 is 0 Å². The van der Waals surface area contributed by atoms with E-state index in [9.17, 15) is 18.4 Å². The van der Waals surface area contributed by atoms with Gasteiger partial charge in [0.2, 0.25) is 16.4 Å². The molecule has 1 saturated heterocycles. The normalized spacial score (nSPS) is 21.9. The number of ether oxygens (including phenoxy) is 1. The van der Waals surface area contributed by atoms with Crippen molar-refractivity contribution in [2.24, 2.45) is 0 Å². The first-order valence-electron chi connectivity index (χ1n) is 9.45. The van der Waals surface area contributed by atoms with Gasteiger partial charge in [-0.05, 0) is 41.9 Å². The Bertz CT molecular complexity index is 774. The van der Waals surface area contributed by atoms with Gasteiger partial charge in [-0.15, -0.1) is 0 Å². The predicted molar refractivity (Wildman–Crippen MR) is 101 cm³/mol. The van der Waals surface area contributed by atoms with Crippen molar-refractivity contribution >= 4 is 16.4 Å². The van der Waals surface area contributed by atoms with Gasteiger partial charge in [0.15, 0.2) is 0 Å². The molecule has 1 N–H and O–H groups in total. The lowest BCUT2D eigenvalue weighted by Gasteiger charge is -2.32. The smallest absolute Gasteiger partial charge is 0.233 e. The number of fused-ring (bicyclic) bond motifs is 1. The summed E-state index contributed by atoms with van der Waals surface area (Å²) in [6.07, 6.45) is 1.88. The van der Waals surface area contributed by atoms with Crippen molar-refractivity contribution in [3.8, 4) is 0 Å². The van der Waals surface area contributed by atoms with Crippen molar-refractivity contribution in [3.05, 3.63) is 34.9 Å². The van der Waals surface area contributed by atoms with Gasteiger partial charge >= 0.3 is 0 Å². The molecule has 0 radical (unpaired) electrons. The molecule has 0 aliphatic carbocycles. The minimum atomic E-state index is -3.65. The van der Waals surface area contributed by atoms with E-state index in [1.165, 1.54) is 15.4 Å². The van der Waals surface area contributed by atoms with Crippen molar-refractivity contribution in [1.29, 1.82) is 0 Å². The number of benzene rings is 1. The minimum Gasteiger partial charge on any atom is -0.376 e. The minimum absolute atomic E-state index is 0.251. The average molecular weight is 397 g/mol. The van der Waals surface area contributed by atoms with Crippen LogP contribution in [0.1, 0.15) is 49.3 Å². The van der Waals surface area contributed by atoms with E-state index in [0.717, 1.165) is 12.0 Å². The number of amides is 1. The van der Waals surface area contributed by atoms with Gasteiger partial charge < -0.3 is 4.74 Å². The maximum atomic E-state index is 13.0. The van der Waals surface area contributed by atoms with E-state index in [-0.39, 0.29) is 12.2 Å². The third kappa shape index (κ3) is 4.51. The first-order chi connectivity index (χ1) is 12.8. The lowest BCUT2D eigenvalue weighted by atomic mass is 9.94. The van der Waals surface area contributed by atoms with Crippen molar-refractivity contribution in [3.63, 3.8) is 0 Å². The monoisotopic (exact) mass is 396 g/mol. The van der Waals surface area contributed by atoms with Crippen LogP contribution in [0, 0.1) is 0 Å². The number of nitrogens with zero attached hydrogens (tertiary/aromatic N) is 2. The summed E-state index contributed by atoms with van der Waals surface area (Å²) >= 11 is 0. The van der Waals surface area contributed by atoms with Gasteiger partial charge in [0.25, 0.3) is 0 Å². The molecule has 3 rings (SSSR count). The second-order valence-electron chi connectivity index (χ2n) is 7.65. The number of sulfonamides is 1. The summed E-state index contributed by atoms with van der Waals surface area (Å²) in [4.78, 5) is 11.0. The van der Waals surface area contributed by atoms with Crippen molar-refractivity contribution in [1.82, 2.24) is 9.37 Å². The Labute approximate surface area is 160 Å². The van der Waals surface area contributed by atoms with E-state index < -0.39 is 22.2 Å². The zero-order chi connectivity index (χ0) is 19.6. The van der Waals surface area contributed by atoms with Crippen LogP contribution in [0.4, 0.5) is 0 Å². The van der Waals surface area contributed by atoms with Gasteiger partial charge in [0.05, 0.1) is 11.9 Å². The molecule has 1 aromatic carbocycles. The molecule has 1 fully saturated rings. The molecule has 2 heterocycles. The first kappa shape index (κ1) is 20.3. The maximum Gasteiger partial charge on any atom is 0.233 e. The van der Waals surface area contributed by atoms with Crippen LogP contribution in [-0.4, -0.2) is 60.5 Å². The maximum absolute atomic E-state index is 13.0. The first-order valence-corrected chi connectivity index (χ1v) is 11.1. The Balaban J connectivity index is 1.75. The molecule has 8 heteroatoms. The van der Waals surface area contributed by atoms with Crippen LogP contribution in [0.5, 0.6) is 0 Å². The highest BCUT2D eigenvalue weighted by Gasteiger charge is 2.37. The van der Waals surface area contributed by atoms with Gasteiger partial charge in [0, 0.05) is 19.7 Å². The molecular weight excluding hydrogens is 368 g/mol. The van der Waals surface area contributed by atoms with E-state index in [4.69, 9.17) is 4.74 Å². The molecule has 0 saturated carbocycles. The summed E-state index contributed by atoms with van der Waals surface area (Å²) in [5.41, 5.74) is 3.46. The van der Waals surface area contributed by atoms with Crippen LogP contribution >= 0.6 is 0 Å². The van der Waals surface area contributed by atoms with Gasteiger partial charge in [-0.3, -0.25) is 10.0 Å². The fraction of sp³-hybridized carbons (Fsp3) is 0.632. The molecule has 1 aromatic rings. The van der Waals surface area contributed by atoms with Gasteiger partial charge in [-0.25, -0.2) is 13.5 Å². The summed E-state index contributed by atoms with van der Waals surface area (Å²) in [5.74, 6) is 0.0925. The summed E-state index contributed by atoms with van der Waals surface area (Å²) in [6, 6.07) is 5.34. The zero-order valence-electron chi connectivity index (χ0n) is 15.9. The quantitative estimate of drug-likeness (QED) is 0.432. The molecule has 0 aromatic heterocycles. The topological polar surface area (TPSA) is 87.2 Å². The highest BCUT2D eigenvalue weighted by atomic mass is 32.2. The molecule has 7 nitrogen and oxygen atoms in total. The molecule has 1 amide bonds. The van der Waals surface area contributed by atoms with Gasteiger partial charge in [-0.1, -0.05) is 32.0 Å². The van der Waals surface area contributed by atoms with E-state index in [1.807, 2.05) is 6.07 Å². The van der Waals surface area contributed by atoms with E-state index in [1.54, 1.807) is 0 Å². The summed E-state index contributed by atoms with van der Waals surface area (Å²) in [5, 5.41) is 10.3. The standard InChI is InChI=1S/C19H28N2O5S/c1-14(2)15-5-6-17-11-20(8-7-16(17)10-15)27(24,25)12-18(21(23)13-22)19-4-3-9-26-19/h5-6,10,13-14,18-19,23H,3-4,7-9,11-12H2,1-2H3/t18-,19-/m1/s1. The van der Waals surface area contributed by atoms with E-state index in [2.05, 4.69) is 26.0 Å². The van der Waals surface area contributed by atoms with Crippen LogP contribution in [0.3, 0.4) is 0 Å². The Morgan fingerprint density at radius 2 is 2.15 bits per heavy atom. The molecule has 150 valence electrons. The van der Waals surface area contributed by atoms with Crippen molar-refractivity contribution in [2.45, 2.75) is 57.7 Å². The molecule has 0 unspecified atom stereocenters. The van der Waals surface area contributed by atoms with Gasteiger partial charge in [0.1, 0.15) is 6.04 Å². The van der Waals surface area contributed by atoms with E-state index >= 15 is 0 Å². The third-order valence-electron chi connectivity index (χ3n) is 5.49. The van der Waals surface area contributed by atoms with E-state index in [0.29, 0.717) is 43.5 Å². The highest BCUT2D eigenvalue weighted by molar-refractivity contribution is 7.89. The largest absolute Gasteiger partial charge is 0.376 e. The van der Waals surface area contributed by atoms with Gasteiger partial charge in [-0.2, -0.15) is 4.31 Å². The molecular formula is C19H28N2O5S. The number of carbonyl (C=O) groups excluding carboxylic acids is 1. The fourth-order valence-corrected chi connectivity index (χ4v) is 5.52. The zero-order valence-corrected chi connectivity index (χ0v) is 16.7. The second kappa shape index (κ2) is 8.26. The van der Waals surface area contributed by atoms with Crippen molar-refractivity contribution in [2.75, 3.05) is 18.9 Å². The molecule has 0 bridgehead atoms. The Hall–Kier alpha value is -1.48. The summed E-state index contributed by atoms with van der Waals surface area (Å²) in [6.45, 7) is 5.52.